The minimum absolute atomic E-state index is 0.152. The fraction of sp³-hybridized carbons (Fsp3) is 0.194. The number of likely N-dealkylation sites (N-methyl/N-ethyl adjacent to an activating group) is 1. The van der Waals surface area contributed by atoms with Gasteiger partial charge in [0.2, 0.25) is 11.8 Å². The maximum atomic E-state index is 14.0. The zero-order valence-corrected chi connectivity index (χ0v) is 21.0. The van der Waals surface area contributed by atoms with Crippen molar-refractivity contribution < 1.29 is 14.4 Å². The van der Waals surface area contributed by atoms with E-state index < -0.39 is 6.04 Å². The van der Waals surface area contributed by atoms with E-state index in [1.54, 1.807) is 18.0 Å². The van der Waals surface area contributed by atoms with E-state index in [4.69, 9.17) is 0 Å². The lowest BCUT2D eigenvalue weighted by atomic mass is 10.0. The monoisotopic (exact) mass is 491 g/mol. The zero-order chi connectivity index (χ0) is 25.9. The van der Waals surface area contributed by atoms with Crippen LogP contribution in [0.15, 0.2) is 91.0 Å². The molecule has 0 spiro atoms. The number of benzene rings is 4. The number of hydrogen-bond donors (Lipinski definition) is 1. The molecule has 4 aromatic carbocycles. The van der Waals surface area contributed by atoms with Crippen molar-refractivity contribution >= 4 is 34.2 Å². The van der Waals surface area contributed by atoms with Crippen LogP contribution in [-0.2, 0) is 22.6 Å². The van der Waals surface area contributed by atoms with Gasteiger partial charge in [-0.15, -0.1) is 0 Å². The van der Waals surface area contributed by atoms with Crippen molar-refractivity contribution in [2.45, 2.75) is 25.9 Å². The average Bonchev–Trinajstić information content (AvgIpc) is 3.19. The van der Waals surface area contributed by atoms with Gasteiger partial charge in [-0.05, 0) is 41.1 Å². The summed E-state index contributed by atoms with van der Waals surface area (Å²) in [7, 11) is 1.58. The van der Waals surface area contributed by atoms with Gasteiger partial charge in [0.05, 0.1) is 5.69 Å². The van der Waals surface area contributed by atoms with Gasteiger partial charge in [0, 0.05) is 31.0 Å². The van der Waals surface area contributed by atoms with Gasteiger partial charge in [-0.3, -0.25) is 19.3 Å². The minimum Gasteiger partial charge on any atom is -0.357 e. The Kier molecular flexibility index (Phi) is 6.73. The van der Waals surface area contributed by atoms with Gasteiger partial charge in [0.25, 0.3) is 5.91 Å². The van der Waals surface area contributed by atoms with Crippen LogP contribution in [0.5, 0.6) is 0 Å². The van der Waals surface area contributed by atoms with Crippen molar-refractivity contribution in [1.29, 1.82) is 0 Å². The Bertz CT molecular complexity index is 1480. The molecule has 1 N–H and O–H groups in total. The first kappa shape index (κ1) is 24.3. The molecule has 6 nitrogen and oxygen atoms in total. The predicted molar refractivity (Wildman–Crippen MR) is 145 cm³/mol. The lowest BCUT2D eigenvalue weighted by Crippen LogP contribution is -2.52. The third-order valence-electron chi connectivity index (χ3n) is 7.06. The zero-order valence-electron chi connectivity index (χ0n) is 21.0. The normalized spacial score (nSPS) is 13.0. The second-order valence-corrected chi connectivity index (χ2v) is 9.34. The molecule has 6 heteroatoms. The number of carbonyl (C=O) groups excluding carboxylic acids is 3. The molecule has 1 unspecified atom stereocenters. The van der Waals surface area contributed by atoms with Crippen molar-refractivity contribution in [1.82, 2.24) is 10.2 Å². The quantitative estimate of drug-likeness (QED) is 0.395. The molecule has 1 atom stereocenters. The number of aryl methyl sites for hydroxylation is 1. The predicted octanol–water partition coefficient (Wildman–Crippen LogP) is 4.49. The van der Waals surface area contributed by atoms with Crippen LogP contribution in [0.1, 0.15) is 27.0 Å². The van der Waals surface area contributed by atoms with Gasteiger partial charge in [0.15, 0.2) is 0 Å². The van der Waals surface area contributed by atoms with Gasteiger partial charge >= 0.3 is 0 Å². The third-order valence-corrected chi connectivity index (χ3v) is 7.06. The largest absolute Gasteiger partial charge is 0.357 e. The van der Waals surface area contributed by atoms with Crippen LogP contribution in [-0.4, -0.2) is 42.3 Å². The summed E-state index contributed by atoms with van der Waals surface area (Å²) in [5.74, 6) is -0.731. The summed E-state index contributed by atoms with van der Waals surface area (Å²) >= 11 is 0. The molecule has 1 aliphatic heterocycles. The summed E-state index contributed by atoms with van der Waals surface area (Å²) < 4.78 is 0. The van der Waals surface area contributed by atoms with Gasteiger partial charge in [-0.2, -0.15) is 0 Å². The maximum Gasteiger partial charge on any atom is 0.259 e. The fourth-order valence-electron chi connectivity index (χ4n) is 5.05. The van der Waals surface area contributed by atoms with E-state index in [0.29, 0.717) is 12.0 Å². The number of hydrogen-bond acceptors (Lipinski definition) is 3. The molecular formula is C31H29N3O3. The third kappa shape index (κ3) is 4.70. The summed E-state index contributed by atoms with van der Waals surface area (Å²) in [5, 5.41) is 4.56. The highest BCUT2D eigenvalue weighted by Gasteiger charge is 2.35. The molecule has 37 heavy (non-hydrogen) atoms. The van der Waals surface area contributed by atoms with Crippen molar-refractivity contribution in [2.75, 3.05) is 18.5 Å². The molecule has 0 fully saturated rings. The van der Waals surface area contributed by atoms with Crippen LogP contribution in [0.2, 0.25) is 0 Å². The molecule has 0 aliphatic carbocycles. The molecule has 0 radical (unpaired) electrons. The van der Waals surface area contributed by atoms with Crippen molar-refractivity contribution in [3.05, 3.63) is 113 Å². The summed E-state index contributed by atoms with van der Waals surface area (Å²) in [4.78, 5) is 43.7. The van der Waals surface area contributed by atoms with Gasteiger partial charge in [-0.25, -0.2) is 0 Å². The Morgan fingerprint density at radius 3 is 2.32 bits per heavy atom. The van der Waals surface area contributed by atoms with E-state index in [-0.39, 0.29) is 30.8 Å². The molecule has 5 rings (SSSR count). The van der Waals surface area contributed by atoms with Crippen LogP contribution in [0.25, 0.3) is 10.8 Å². The molecule has 1 aliphatic rings. The molecule has 186 valence electrons. The Morgan fingerprint density at radius 2 is 1.59 bits per heavy atom. The number of rotatable bonds is 8. The molecular weight excluding hydrogens is 462 g/mol. The molecule has 0 saturated heterocycles. The lowest BCUT2D eigenvalue weighted by Gasteiger charge is -2.33. The van der Waals surface area contributed by atoms with Crippen molar-refractivity contribution in [3.8, 4) is 0 Å². The van der Waals surface area contributed by atoms with E-state index in [1.165, 1.54) is 4.90 Å². The second-order valence-electron chi connectivity index (χ2n) is 9.34. The maximum absolute atomic E-state index is 14.0. The standard InChI is InChI=1S/C31H29N3O3/c1-21-10-6-7-13-24(21)19-33(27(30(36)32-2)18-22-11-4-3-5-12-22)28(35)20-34-26-17-9-15-23-14-8-16-25(29(23)26)31(34)37/h3-17,27H,18-20H2,1-2H3,(H,32,36). The van der Waals surface area contributed by atoms with Crippen molar-refractivity contribution in [3.63, 3.8) is 0 Å². The first-order valence-corrected chi connectivity index (χ1v) is 12.4. The fourth-order valence-corrected chi connectivity index (χ4v) is 5.05. The first-order valence-electron chi connectivity index (χ1n) is 12.4. The van der Waals surface area contributed by atoms with Crippen LogP contribution in [0.4, 0.5) is 5.69 Å². The average molecular weight is 492 g/mol. The molecule has 3 amide bonds. The second kappa shape index (κ2) is 10.3. The van der Waals surface area contributed by atoms with Crippen LogP contribution in [0.3, 0.4) is 0 Å². The minimum atomic E-state index is -0.740. The van der Waals surface area contributed by atoms with E-state index in [0.717, 1.165) is 33.2 Å². The Balaban J connectivity index is 1.51. The summed E-state index contributed by atoms with van der Waals surface area (Å²) in [6.45, 7) is 2.10. The summed E-state index contributed by atoms with van der Waals surface area (Å²) in [5.41, 5.74) is 4.26. The molecule has 0 bridgehead atoms. The topological polar surface area (TPSA) is 69.7 Å². The number of amides is 3. The number of anilines is 1. The molecule has 0 saturated carbocycles. The smallest absolute Gasteiger partial charge is 0.259 e. The Hall–Kier alpha value is -4.45. The number of nitrogens with one attached hydrogen (secondary N) is 1. The van der Waals surface area contributed by atoms with E-state index in [1.807, 2.05) is 91.9 Å². The summed E-state index contributed by atoms with van der Waals surface area (Å²) in [6, 6.07) is 28.1. The summed E-state index contributed by atoms with van der Waals surface area (Å²) in [6.07, 6.45) is 0.363. The highest BCUT2D eigenvalue weighted by molar-refractivity contribution is 6.26. The van der Waals surface area contributed by atoms with E-state index in [2.05, 4.69) is 5.32 Å². The lowest BCUT2D eigenvalue weighted by molar-refractivity contribution is -0.140. The molecule has 4 aromatic rings. The Morgan fingerprint density at radius 1 is 0.892 bits per heavy atom. The van der Waals surface area contributed by atoms with E-state index in [9.17, 15) is 14.4 Å². The number of nitrogens with zero attached hydrogens (tertiary/aromatic N) is 2. The Labute approximate surface area is 216 Å². The first-order chi connectivity index (χ1) is 18.0. The van der Waals surface area contributed by atoms with Gasteiger partial charge < -0.3 is 10.2 Å². The van der Waals surface area contributed by atoms with Crippen LogP contribution >= 0.6 is 0 Å². The van der Waals surface area contributed by atoms with Crippen LogP contribution in [0, 0.1) is 6.92 Å². The molecule has 1 heterocycles. The molecule has 0 aromatic heterocycles. The van der Waals surface area contributed by atoms with Crippen molar-refractivity contribution in [2.24, 2.45) is 0 Å². The SMILES string of the molecule is CNC(=O)C(Cc1ccccc1)N(Cc1ccccc1C)C(=O)CN1C(=O)c2cccc3cccc1c23. The highest BCUT2D eigenvalue weighted by Crippen LogP contribution is 2.37. The van der Waals surface area contributed by atoms with E-state index >= 15 is 0 Å². The van der Waals surface area contributed by atoms with Gasteiger partial charge in [0.1, 0.15) is 12.6 Å². The number of carbonyl (C=O) groups is 3. The van der Waals surface area contributed by atoms with Gasteiger partial charge in [-0.1, -0.05) is 78.9 Å². The van der Waals surface area contributed by atoms with Crippen LogP contribution < -0.4 is 10.2 Å². The highest BCUT2D eigenvalue weighted by atomic mass is 16.2.